The summed E-state index contributed by atoms with van der Waals surface area (Å²) < 4.78 is 0. The second kappa shape index (κ2) is 8.70. The molecule has 1 aromatic carbocycles. The van der Waals surface area contributed by atoms with E-state index in [2.05, 4.69) is 12.2 Å². The van der Waals surface area contributed by atoms with E-state index in [-0.39, 0.29) is 11.8 Å². The number of likely N-dealkylation sites (tertiary alicyclic amines) is 1. The van der Waals surface area contributed by atoms with E-state index in [0.717, 1.165) is 61.3 Å². The topological polar surface area (TPSA) is 49.4 Å². The summed E-state index contributed by atoms with van der Waals surface area (Å²) in [6.45, 7) is 5.90. The van der Waals surface area contributed by atoms with Crippen molar-refractivity contribution in [2.24, 2.45) is 5.92 Å². The van der Waals surface area contributed by atoms with Crippen LogP contribution in [0.2, 0.25) is 0 Å². The van der Waals surface area contributed by atoms with Crippen molar-refractivity contribution in [3.05, 3.63) is 51.4 Å². The van der Waals surface area contributed by atoms with Crippen LogP contribution in [-0.2, 0) is 12.8 Å². The molecule has 1 N–H and O–H groups in total. The molecule has 2 aliphatic rings. The maximum Gasteiger partial charge on any atom is 0.257 e. The van der Waals surface area contributed by atoms with E-state index in [1.807, 2.05) is 36.1 Å². The zero-order chi connectivity index (χ0) is 20.4. The average Bonchev–Trinajstić information content (AvgIpc) is 2.87. The first-order chi connectivity index (χ1) is 14.0. The van der Waals surface area contributed by atoms with Crippen molar-refractivity contribution >= 4 is 28.2 Å². The van der Waals surface area contributed by atoms with E-state index in [0.29, 0.717) is 11.5 Å². The van der Waals surface area contributed by atoms with Gasteiger partial charge in [-0.1, -0.05) is 37.5 Å². The summed E-state index contributed by atoms with van der Waals surface area (Å²) in [7, 11) is 0. The average molecular weight is 411 g/mol. The molecule has 0 saturated carbocycles. The lowest BCUT2D eigenvalue weighted by Crippen LogP contribution is -2.33. The first-order valence-electron chi connectivity index (χ1n) is 10.8. The molecule has 1 aliphatic heterocycles. The van der Waals surface area contributed by atoms with Crippen LogP contribution >= 0.6 is 11.3 Å². The highest BCUT2D eigenvalue weighted by Crippen LogP contribution is 2.40. The number of nitrogens with one attached hydrogen (secondary N) is 1. The second-order valence-corrected chi connectivity index (χ2v) is 9.69. The number of rotatable bonds is 3. The molecular formula is C24H30N2O2S. The van der Waals surface area contributed by atoms with Crippen LogP contribution in [0.1, 0.15) is 75.7 Å². The van der Waals surface area contributed by atoms with Gasteiger partial charge in [-0.25, -0.2) is 0 Å². The van der Waals surface area contributed by atoms with E-state index in [1.165, 1.54) is 23.3 Å². The number of fused-ring (bicyclic) bond motifs is 1. The van der Waals surface area contributed by atoms with E-state index < -0.39 is 0 Å². The van der Waals surface area contributed by atoms with Gasteiger partial charge in [-0.15, -0.1) is 11.3 Å². The van der Waals surface area contributed by atoms with E-state index >= 15 is 0 Å². The fourth-order valence-electron chi connectivity index (χ4n) is 4.46. The smallest absolute Gasteiger partial charge is 0.257 e. The summed E-state index contributed by atoms with van der Waals surface area (Å²) in [6.07, 6.45) is 7.57. The van der Waals surface area contributed by atoms with Crippen LogP contribution in [0.15, 0.2) is 24.3 Å². The third kappa shape index (κ3) is 4.40. The molecule has 0 bridgehead atoms. The Labute approximate surface area is 177 Å². The maximum absolute atomic E-state index is 13.5. The van der Waals surface area contributed by atoms with Crippen LogP contribution in [0.3, 0.4) is 0 Å². The van der Waals surface area contributed by atoms with Gasteiger partial charge in [0.05, 0.1) is 5.56 Å². The Morgan fingerprint density at radius 2 is 1.90 bits per heavy atom. The normalized spacial score (nSPS) is 19.4. The SMILES string of the molecule is Cc1cccc(C(=O)Nc2sc3c(c2C(=O)N2CCCCCC2)CCC(C)C3)c1. The van der Waals surface area contributed by atoms with Gasteiger partial charge in [-0.3, -0.25) is 9.59 Å². The molecule has 0 radical (unpaired) electrons. The maximum atomic E-state index is 13.5. The molecule has 2 aromatic rings. The van der Waals surface area contributed by atoms with Crippen LogP contribution in [0.25, 0.3) is 0 Å². The zero-order valence-electron chi connectivity index (χ0n) is 17.4. The number of carbonyl (C=O) groups excluding carboxylic acids is 2. The minimum absolute atomic E-state index is 0.110. The first kappa shape index (κ1) is 20.1. The minimum Gasteiger partial charge on any atom is -0.339 e. The number of amides is 2. The molecule has 2 heterocycles. The monoisotopic (exact) mass is 410 g/mol. The van der Waals surface area contributed by atoms with Crippen molar-refractivity contribution < 1.29 is 9.59 Å². The Morgan fingerprint density at radius 1 is 1.14 bits per heavy atom. The molecule has 5 heteroatoms. The van der Waals surface area contributed by atoms with Gasteiger partial charge in [0.2, 0.25) is 0 Å². The van der Waals surface area contributed by atoms with Crippen molar-refractivity contribution in [2.45, 2.75) is 58.8 Å². The molecule has 1 atom stereocenters. The molecule has 1 aromatic heterocycles. The number of carbonyl (C=O) groups is 2. The molecule has 2 amide bonds. The minimum atomic E-state index is -0.134. The van der Waals surface area contributed by atoms with Crippen molar-refractivity contribution in [3.8, 4) is 0 Å². The predicted molar refractivity (Wildman–Crippen MR) is 119 cm³/mol. The van der Waals surface area contributed by atoms with Crippen LogP contribution < -0.4 is 5.32 Å². The van der Waals surface area contributed by atoms with Crippen molar-refractivity contribution in [1.82, 2.24) is 4.90 Å². The largest absolute Gasteiger partial charge is 0.339 e. The fourth-order valence-corrected chi connectivity index (χ4v) is 5.86. The summed E-state index contributed by atoms with van der Waals surface area (Å²) in [5.41, 5.74) is 3.64. The number of benzene rings is 1. The quantitative estimate of drug-likeness (QED) is 0.731. The Bertz CT molecular complexity index is 910. The Kier molecular flexibility index (Phi) is 6.04. The summed E-state index contributed by atoms with van der Waals surface area (Å²) in [6, 6.07) is 7.60. The number of anilines is 1. The first-order valence-corrected chi connectivity index (χ1v) is 11.7. The van der Waals surface area contributed by atoms with Crippen LogP contribution in [-0.4, -0.2) is 29.8 Å². The number of aryl methyl sites for hydroxylation is 1. The van der Waals surface area contributed by atoms with E-state index in [1.54, 1.807) is 11.3 Å². The fraction of sp³-hybridized carbons (Fsp3) is 0.500. The standard InChI is InChI=1S/C24H30N2O2S/c1-16-8-7-9-18(14-16)22(27)25-23-21(19-11-10-17(2)15-20(19)29-23)24(28)26-12-5-3-4-6-13-26/h7-9,14,17H,3-6,10-13,15H2,1-2H3,(H,25,27). The van der Waals surface area contributed by atoms with Gasteiger partial charge in [0.1, 0.15) is 5.00 Å². The lowest BCUT2D eigenvalue weighted by molar-refractivity contribution is 0.0761. The van der Waals surface area contributed by atoms with E-state index in [9.17, 15) is 9.59 Å². The number of hydrogen-bond donors (Lipinski definition) is 1. The highest BCUT2D eigenvalue weighted by atomic mass is 32.1. The summed E-state index contributed by atoms with van der Waals surface area (Å²) >= 11 is 1.61. The summed E-state index contributed by atoms with van der Waals surface area (Å²) in [5, 5.41) is 3.83. The van der Waals surface area contributed by atoms with Gasteiger partial charge in [0.25, 0.3) is 11.8 Å². The molecule has 1 unspecified atom stereocenters. The van der Waals surface area contributed by atoms with Crippen LogP contribution in [0, 0.1) is 12.8 Å². The second-order valence-electron chi connectivity index (χ2n) is 8.59. The van der Waals surface area contributed by atoms with Gasteiger partial charge >= 0.3 is 0 Å². The Balaban J connectivity index is 1.67. The predicted octanol–water partition coefficient (Wildman–Crippen LogP) is 5.45. The summed E-state index contributed by atoms with van der Waals surface area (Å²) in [4.78, 5) is 29.8. The number of thiophene rings is 1. The molecular weight excluding hydrogens is 380 g/mol. The van der Waals surface area contributed by atoms with Crippen molar-refractivity contribution in [2.75, 3.05) is 18.4 Å². The third-order valence-corrected chi connectivity index (χ3v) is 7.30. The Morgan fingerprint density at radius 3 is 2.62 bits per heavy atom. The van der Waals surface area contributed by atoms with Gasteiger partial charge < -0.3 is 10.2 Å². The number of hydrogen-bond acceptors (Lipinski definition) is 3. The highest BCUT2D eigenvalue weighted by Gasteiger charge is 2.31. The molecule has 1 fully saturated rings. The number of nitrogens with zero attached hydrogens (tertiary/aromatic N) is 1. The van der Waals surface area contributed by atoms with Crippen LogP contribution in [0.5, 0.6) is 0 Å². The van der Waals surface area contributed by atoms with Crippen LogP contribution in [0.4, 0.5) is 5.00 Å². The summed E-state index contributed by atoms with van der Waals surface area (Å²) in [5.74, 6) is 0.603. The van der Waals surface area contributed by atoms with Gasteiger partial charge in [0.15, 0.2) is 0 Å². The van der Waals surface area contributed by atoms with E-state index in [4.69, 9.17) is 0 Å². The van der Waals surface area contributed by atoms with Crippen molar-refractivity contribution in [1.29, 1.82) is 0 Å². The molecule has 29 heavy (non-hydrogen) atoms. The molecule has 4 rings (SSSR count). The zero-order valence-corrected chi connectivity index (χ0v) is 18.2. The lowest BCUT2D eigenvalue weighted by atomic mass is 9.88. The van der Waals surface area contributed by atoms with Gasteiger partial charge in [-0.2, -0.15) is 0 Å². The molecule has 1 aliphatic carbocycles. The molecule has 4 nitrogen and oxygen atoms in total. The molecule has 154 valence electrons. The third-order valence-electron chi connectivity index (χ3n) is 6.13. The highest BCUT2D eigenvalue weighted by molar-refractivity contribution is 7.17. The molecule has 0 spiro atoms. The van der Waals surface area contributed by atoms with Gasteiger partial charge in [0, 0.05) is 23.5 Å². The lowest BCUT2D eigenvalue weighted by Gasteiger charge is -2.23. The van der Waals surface area contributed by atoms with Crippen molar-refractivity contribution in [3.63, 3.8) is 0 Å². The molecule has 1 saturated heterocycles. The Hall–Kier alpha value is -2.14. The van der Waals surface area contributed by atoms with Gasteiger partial charge in [-0.05, 0) is 62.6 Å².